The zero-order chi connectivity index (χ0) is 14.9. The number of hydrogen-bond acceptors (Lipinski definition) is 4. The molecule has 1 saturated heterocycles. The fraction of sp³-hybridized carbons (Fsp3) is 0.909. The van der Waals surface area contributed by atoms with E-state index in [0.29, 0.717) is 30.9 Å². The number of piperidine rings is 1. The molecule has 1 aliphatic heterocycles. The third-order valence-electron chi connectivity index (χ3n) is 3.14. The average Bonchev–Trinajstić information content (AvgIpc) is 2.25. The van der Waals surface area contributed by atoms with Gasteiger partial charge in [-0.2, -0.15) is 29.2 Å². The molecule has 0 unspecified atom stereocenters. The fourth-order valence-corrected chi connectivity index (χ4v) is 4.90. The maximum atomic E-state index is 12.2. The van der Waals surface area contributed by atoms with Crippen LogP contribution in [0.5, 0.6) is 0 Å². The van der Waals surface area contributed by atoms with Crippen LogP contribution in [-0.2, 0) is 10.2 Å². The van der Waals surface area contributed by atoms with E-state index in [1.165, 1.54) is 4.31 Å². The van der Waals surface area contributed by atoms with Crippen molar-refractivity contribution in [2.75, 3.05) is 19.3 Å². The highest BCUT2D eigenvalue weighted by Gasteiger charge is 2.40. The van der Waals surface area contributed by atoms with E-state index >= 15 is 0 Å². The fourth-order valence-electron chi connectivity index (χ4n) is 2.09. The highest BCUT2D eigenvalue weighted by molar-refractivity contribution is 8.02. The van der Waals surface area contributed by atoms with Crippen molar-refractivity contribution in [1.82, 2.24) is 9.03 Å². The Balaban J connectivity index is 2.76. The van der Waals surface area contributed by atoms with Crippen LogP contribution in [0, 0.1) is 0 Å². The summed E-state index contributed by atoms with van der Waals surface area (Å²) in [7, 11) is -3.44. The molecule has 0 amide bonds. The van der Waals surface area contributed by atoms with Crippen molar-refractivity contribution >= 4 is 39.2 Å². The zero-order valence-electron chi connectivity index (χ0n) is 11.9. The van der Waals surface area contributed by atoms with E-state index in [9.17, 15) is 8.42 Å². The van der Waals surface area contributed by atoms with Gasteiger partial charge in [0.15, 0.2) is 0 Å². The van der Waals surface area contributed by atoms with Gasteiger partial charge in [0.2, 0.25) is 0 Å². The molecule has 0 saturated carbocycles. The molecule has 112 valence electrons. The molecule has 5 nitrogen and oxygen atoms in total. The number of hydrogen-bond donors (Lipinski definition) is 2. The van der Waals surface area contributed by atoms with E-state index in [4.69, 9.17) is 18.0 Å². The molecule has 1 rings (SSSR count). The third kappa shape index (κ3) is 4.29. The first-order valence-electron chi connectivity index (χ1n) is 6.16. The predicted molar refractivity (Wildman–Crippen MR) is 85.6 cm³/mol. The van der Waals surface area contributed by atoms with Crippen LogP contribution < -0.4 is 10.5 Å². The molecule has 0 spiro atoms. The Labute approximate surface area is 125 Å². The van der Waals surface area contributed by atoms with Crippen LogP contribution in [0.2, 0.25) is 0 Å². The number of rotatable bonds is 4. The molecule has 1 heterocycles. The Morgan fingerprint density at radius 3 is 2.16 bits per heavy atom. The van der Waals surface area contributed by atoms with Gasteiger partial charge in [-0.15, -0.1) is 0 Å². The van der Waals surface area contributed by atoms with Crippen LogP contribution in [0.3, 0.4) is 0 Å². The Morgan fingerprint density at radius 1 is 1.37 bits per heavy atom. The molecular formula is C11H23N3O2S3. The number of nitrogens with two attached hydrogens (primary N) is 1. The van der Waals surface area contributed by atoms with E-state index in [2.05, 4.69) is 4.72 Å². The summed E-state index contributed by atoms with van der Waals surface area (Å²) in [5.41, 5.74) is 5.32. The molecule has 1 aliphatic rings. The van der Waals surface area contributed by atoms with Crippen LogP contribution in [0.1, 0.15) is 33.6 Å². The van der Waals surface area contributed by atoms with Crippen molar-refractivity contribution in [2.45, 2.75) is 43.9 Å². The predicted octanol–water partition coefficient (Wildman–Crippen LogP) is 1.10. The van der Waals surface area contributed by atoms with Crippen molar-refractivity contribution in [3.8, 4) is 0 Å². The van der Waals surface area contributed by atoms with Gasteiger partial charge in [0.1, 0.15) is 0 Å². The second-order valence-electron chi connectivity index (χ2n) is 5.82. The Kier molecular flexibility index (Phi) is 5.28. The summed E-state index contributed by atoms with van der Waals surface area (Å²) < 4.78 is 28.3. The molecule has 19 heavy (non-hydrogen) atoms. The standard InChI is InChI=1S/C11H23N3O2S3/c1-10(2,3)13-19(15,16)14-7-5-11(18-4,6-8-14)9(12)17/h13H,5-8H2,1-4H3,(H2,12,17). The number of nitrogens with zero attached hydrogens (tertiary/aromatic N) is 1. The molecule has 0 atom stereocenters. The van der Waals surface area contributed by atoms with Crippen molar-refractivity contribution in [3.63, 3.8) is 0 Å². The summed E-state index contributed by atoms with van der Waals surface area (Å²) in [5.74, 6) is 0. The summed E-state index contributed by atoms with van der Waals surface area (Å²) in [4.78, 5) is 0.473. The third-order valence-corrected chi connectivity index (χ3v) is 6.99. The Hall–Kier alpha value is 0.110. The summed E-state index contributed by atoms with van der Waals surface area (Å²) in [6, 6.07) is 0. The second-order valence-corrected chi connectivity index (χ2v) is 9.12. The van der Waals surface area contributed by atoms with E-state index in [1.807, 2.05) is 27.0 Å². The van der Waals surface area contributed by atoms with Gasteiger partial charge in [-0.3, -0.25) is 0 Å². The minimum absolute atomic E-state index is 0.261. The average molecular weight is 326 g/mol. The maximum Gasteiger partial charge on any atom is 0.279 e. The van der Waals surface area contributed by atoms with Crippen molar-refractivity contribution in [3.05, 3.63) is 0 Å². The van der Waals surface area contributed by atoms with Gasteiger partial charge in [0.25, 0.3) is 10.2 Å². The smallest absolute Gasteiger partial charge is 0.279 e. The molecule has 1 fully saturated rings. The lowest BCUT2D eigenvalue weighted by Crippen LogP contribution is -2.55. The lowest BCUT2D eigenvalue weighted by molar-refractivity contribution is 0.321. The van der Waals surface area contributed by atoms with E-state index < -0.39 is 15.7 Å². The van der Waals surface area contributed by atoms with Crippen LogP contribution in [0.15, 0.2) is 0 Å². The summed E-state index contributed by atoms with van der Waals surface area (Å²) >= 11 is 6.74. The molecule has 0 aromatic rings. The van der Waals surface area contributed by atoms with Gasteiger partial charge in [0.05, 0.1) is 9.74 Å². The van der Waals surface area contributed by atoms with Crippen LogP contribution in [0.4, 0.5) is 0 Å². The lowest BCUT2D eigenvalue weighted by Gasteiger charge is -2.40. The summed E-state index contributed by atoms with van der Waals surface area (Å²) in [5, 5.41) is 0. The van der Waals surface area contributed by atoms with E-state index in [0.717, 1.165) is 0 Å². The molecule has 8 heteroatoms. The Bertz CT molecular complexity index is 435. The van der Waals surface area contributed by atoms with Crippen LogP contribution in [0.25, 0.3) is 0 Å². The van der Waals surface area contributed by atoms with Gasteiger partial charge < -0.3 is 5.73 Å². The highest BCUT2D eigenvalue weighted by Crippen LogP contribution is 2.35. The van der Waals surface area contributed by atoms with Crippen molar-refractivity contribution in [2.24, 2.45) is 5.73 Å². The quantitative estimate of drug-likeness (QED) is 0.757. The minimum Gasteiger partial charge on any atom is -0.392 e. The number of nitrogens with one attached hydrogen (secondary N) is 1. The monoisotopic (exact) mass is 325 g/mol. The molecule has 0 aliphatic carbocycles. The van der Waals surface area contributed by atoms with Crippen molar-refractivity contribution < 1.29 is 8.42 Å². The van der Waals surface area contributed by atoms with Gasteiger partial charge in [-0.1, -0.05) is 12.2 Å². The SMILES string of the molecule is CSC1(C(N)=S)CCN(S(=O)(=O)NC(C)(C)C)CC1. The van der Waals surface area contributed by atoms with Crippen LogP contribution >= 0.6 is 24.0 Å². The Morgan fingerprint density at radius 2 is 1.84 bits per heavy atom. The summed E-state index contributed by atoms with van der Waals surface area (Å²) in [6.07, 6.45) is 3.29. The van der Waals surface area contributed by atoms with E-state index in [1.54, 1.807) is 11.8 Å². The van der Waals surface area contributed by atoms with Gasteiger partial charge in [0, 0.05) is 18.6 Å². The van der Waals surface area contributed by atoms with Gasteiger partial charge in [-0.05, 0) is 39.9 Å². The molecular weight excluding hydrogens is 302 g/mol. The number of thioether (sulfide) groups is 1. The first-order chi connectivity index (χ1) is 8.52. The van der Waals surface area contributed by atoms with Gasteiger partial charge >= 0.3 is 0 Å². The molecule has 3 N–H and O–H groups in total. The normalized spacial score (nSPS) is 21.3. The molecule has 0 radical (unpaired) electrons. The molecule has 0 aromatic heterocycles. The maximum absolute atomic E-state index is 12.2. The molecule has 0 bridgehead atoms. The molecule has 0 aromatic carbocycles. The van der Waals surface area contributed by atoms with E-state index in [-0.39, 0.29) is 4.75 Å². The van der Waals surface area contributed by atoms with Crippen LogP contribution in [-0.4, -0.2) is 47.3 Å². The zero-order valence-corrected chi connectivity index (χ0v) is 14.3. The number of thiocarbonyl (C=S) groups is 1. The van der Waals surface area contributed by atoms with Gasteiger partial charge in [-0.25, -0.2) is 0 Å². The topological polar surface area (TPSA) is 75.4 Å². The summed E-state index contributed by atoms with van der Waals surface area (Å²) in [6.45, 7) is 6.38. The van der Waals surface area contributed by atoms with Crippen molar-refractivity contribution in [1.29, 1.82) is 0 Å². The first-order valence-corrected chi connectivity index (χ1v) is 9.24. The minimum atomic E-state index is -3.44. The first kappa shape index (κ1) is 17.2. The second kappa shape index (κ2) is 5.85. The lowest BCUT2D eigenvalue weighted by atomic mass is 9.97. The largest absolute Gasteiger partial charge is 0.392 e. The highest BCUT2D eigenvalue weighted by atomic mass is 32.2.